The molecular weight excluding hydrogens is 216 g/mol. The van der Waals surface area contributed by atoms with Crippen molar-refractivity contribution in [2.45, 2.75) is 32.2 Å². The summed E-state index contributed by atoms with van der Waals surface area (Å²) in [6.07, 6.45) is 1.54. The standard InChI is InChI=1S/C14H20O3/c1-4-5-14(15)11(2)17-10-12-6-8-13(16-3)9-7-12/h4,6-9,11,14-15H,1,5,10H2,2-3H3/t11-,14+/m0/s1. The van der Waals surface area contributed by atoms with Crippen LogP contribution in [0.25, 0.3) is 0 Å². The van der Waals surface area contributed by atoms with Crippen molar-refractivity contribution in [2.24, 2.45) is 0 Å². The van der Waals surface area contributed by atoms with Crippen molar-refractivity contribution in [1.29, 1.82) is 0 Å². The van der Waals surface area contributed by atoms with Crippen LogP contribution in [-0.2, 0) is 11.3 Å². The van der Waals surface area contributed by atoms with Gasteiger partial charge in [-0.3, -0.25) is 0 Å². The molecule has 17 heavy (non-hydrogen) atoms. The Balaban J connectivity index is 2.41. The molecule has 0 aromatic heterocycles. The van der Waals surface area contributed by atoms with Gasteiger partial charge in [0.25, 0.3) is 0 Å². The van der Waals surface area contributed by atoms with Crippen molar-refractivity contribution in [2.75, 3.05) is 7.11 Å². The van der Waals surface area contributed by atoms with Crippen LogP contribution in [0.15, 0.2) is 36.9 Å². The molecule has 1 aromatic rings. The number of methoxy groups -OCH3 is 1. The minimum absolute atomic E-state index is 0.199. The highest BCUT2D eigenvalue weighted by Crippen LogP contribution is 2.13. The Labute approximate surface area is 103 Å². The molecular formula is C14H20O3. The fraction of sp³-hybridized carbons (Fsp3) is 0.429. The molecule has 0 heterocycles. The second-order valence-corrected chi connectivity index (χ2v) is 3.96. The monoisotopic (exact) mass is 236 g/mol. The van der Waals surface area contributed by atoms with E-state index in [1.165, 1.54) is 0 Å². The molecule has 0 bridgehead atoms. The van der Waals surface area contributed by atoms with Crippen LogP contribution >= 0.6 is 0 Å². The zero-order chi connectivity index (χ0) is 12.7. The molecule has 0 radical (unpaired) electrons. The van der Waals surface area contributed by atoms with E-state index >= 15 is 0 Å². The van der Waals surface area contributed by atoms with E-state index in [1.807, 2.05) is 31.2 Å². The molecule has 0 fully saturated rings. The van der Waals surface area contributed by atoms with Crippen molar-refractivity contribution in [3.8, 4) is 5.75 Å². The van der Waals surface area contributed by atoms with E-state index < -0.39 is 6.10 Å². The van der Waals surface area contributed by atoms with Crippen molar-refractivity contribution < 1.29 is 14.6 Å². The first-order valence-corrected chi connectivity index (χ1v) is 5.71. The van der Waals surface area contributed by atoms with Gasteiger partial charge in [0.1, 0.15) is 5.75 Å². The van der Waals surface area contributed by atoms with Crippen molar-refractivity contribution in [3.05, 3.63) is 42.5 Å². The minimum atomic E-state index is -0.495. The highest BCUT2D eigenvalue weighted by Gasteiger charge is 2.12. The van der Waals surface area contributed by atoms with Crippen LogP contribution < -0.4 is 4.74 Å². The Kier molecular flexibility index (Phi) is 5.73. The van der Waals surface area contributed by atoms with E-state index in [0.717, 1.165) is 11.3 Å². The van der Waals surface area contributed by atoms with Gasteiger partial charge in [0.05, 0.1) is 25.9 Å². The Bertz CT molecular complexity index is 332. The number of ether oxygens (including phenoxy) is 2. The molecule has 0 spiro atoms. The second-order valence-electron chi connectivity index (χ2n) is 3.96. The first-order valence-electron chi connectivity index (χ1n) is 5.71. The number of aliphatic hydroxyl groups excluding tert-OH is 1. The fourth-order valence-electron chi connectivity index (χ4n) is 1.42. The lowest BCUT2D eigenvalue weighted by Gasteiger charge is -2.18. The largest absolute Gasteiger partial charge is 0.497 e. The quantitative estimate of drug-likeness (QED) is 0.739. The molecule has 0 saturated heterocycles. The maximum atomic E-state index is 9.66. The van der Waals surface area contributed by atoms with E-state index in [1.54, 1.807) is 13.2 Å². The van der Waals surface area contributed by atoms with Gasteiger partial charge in [0.2, 0.25) is 0 Å². The van der Waals surface area contributed by atoms with Gasteiger partial charge < -0.3 is 14.6 Å². The summed E-state index contributed by atoms with van der Waals surface area (Å²) < 4.78 is 10.7. The van der Waals surface area contributed by atoms with Crippen molar-refractivity contribution in [3.63, 3.8) is 0 Å². The van der Waals surface area contributed by atoms with Gasteiger partial charge in [-0.1, -0.05) is 18.2 Å². The van der Waals surface area contributed by atoms with Gasteiger partial charge in [0, 0.05) is 0 Å². The molecule has 0 aliphatic rings. The fourth-order valence-corrected chi connectivity index (χ4v) is 1.42. The van der Waals surface area contributed by atoms with Crippen LogP contribution in [-0.4, -0.2) is 24.4 Å². The predicted octanol–water partition coefficient (Wildman–Crippen LogP) is 2.54. The lowest BCUT2D eigenvalue weighted by molar-refractivity contribution is -0.0333. The molecule has 94 valence electrons. The van der Waals surface area contributed by atoms with Gasteiger partial charge in [-0.25, -0.2) is 0 Å². The van der Waals surface area contributed by atoms with Gasteiger partial charge in [-0.2, -0.15) is 0 Å². The molecule has 3 heteroatoms. The number of hydrogen-bond acceptors (Lipinski definition) is 3. The first-order chi connectivity index (χ1) is 8.17. The zero-order valence-corrected chi connectivity index (χ0v) is 10.4. The highest BCUT2D eigenvalue weighted by atomic mass is 16.5. The SMILES string of the molecule is C=CC[C@@H](O)[C@H](C)OCc1ccc(OC)cc1. The Hall–Kier alpha value is -1.32. The Morgan fingerprint density at radius 2 is 2.00 bits per heavy atom. The summed E-state index contributed by atoms with van der Waals surface area (Å²) in [7, 11) is 1.64. The molecule has 0 unspecified atom stereocenters. The van der Waals surface area contributed by atoms with Gasteiger partial charge in [0.15, 0.2) is 0 Å². The van der Waals surface area contributed by atoms with Crippen molar-refractivity contribution >= 4 is 0 Å². The summed E-state index contributed by atoms with van der Waals surface area (Å²) in [6.45, 7) is 5.94. The Morgan fingerprint density at radius 1 is 1.35 bits per heavy atom. The van der Waals surface area contributed by atoms with Crippen LogP contribution in [0.1, 0.15) is 18.9 Å². The number of aliphatic hydroxyl groups is 1. The first kappa shape index (κ1) is 13.7. The maximum absolute atomic E-state index is 9.66. The summed E-state index contributed by atoms with van der Waals surface area (Å²) in [4.78, 5) is 0. The molecule has 3 nitrogen and oxygen atoms in total. The number of hydrogen-bond donors (Lipinski definition) is 1. The van der Waals surface area contributed by atoms with E-state index in [4.69, 9.17) is 9.47 Å². The number of rotatable bonds is 7. The van der Waals surface area contributed by atoms with Crippen LogP contribution in [0.4, 0.5) is 0 Å². The molecule has 1 N–H and O–H groups in total. The van der Waals surface area contributed by atoms with Crippen LogP contribution in [0.3, 0.4) is 0 Å². The van der Waals surface area contributed by atoms with Crippen molar-refractivity contribution in [1.82, 2.24) is 0 Å². The van der Waals surface area contributed by atoms with E-state index in [2.05, 4.69) is 6.58 Å². The average Bonchev–Trinajstić information content (AvgIpc) is 2.36. The minimum Gasteiger partial charge on any atom is -0.497 e. The second kappa shape index (κ2) is 7.09. The summed E-state index contributed by atoms with van der Waals surface area (Å²) in [6, 6.07) is 7.68. The molecule has 1 aromatic carbocycles. The third-order valence-corrected chi connectivity index (χ3v) is 2.62. The Morgan fingerprint density at radius 3 is 2.53 bits per heavy atom. The van der Waals surface area contributed by atoms with Crippen LogP contribution in [0.5, 0.6) is 5.75 Å². The third kappa shape index (κ3) is 4.59. The topological polar surface area (TPSA) is 38.7 Å². The van der Waals surface area contributed by atoms with Crippen LogP contribution in [0.2, 0.25) is 0 Å². The van der Waals surface area contributed by atoms with E-state index in [9.17, 15) is 5.11 Å². The summed E-state index contributed by atoms with van der Waals surface area (Å²) >= 11 is 0. The molecule has 2 atom stereocenters. The molecule has 0 saturated carbocycles. The maximum Gasteiger partial charge on any atom is 0.118 e. The van der Waals surface area contributed by atoms with E-state index in [0.29, 0.717) is 13.0 Å². The van der Waals surface area contributed by atoms with Gasteiger partial charge >= 0.3 is 0 Å². The normalized spacial score (nSPS) is 14.1. The summed E-state index contributed by atoms with van der Waals surface area (Å²) in [5.74, 6) is 0.827. The molecule has 1 rings (SSSR count). The van der Waals surface area contributed by atoms with Gasteiger partial charge in [-0.15, -0.1) is 6.58 Å². The summed E-state index contributed by atoms with van der Waals surface area (Å²) in [5.41, 5.74) is 1.06. The van der Waals surface area contributed by atoms with Gasteiger partial charge in [-0.05, 0) is 31.0 Å². The number of benzene rings is 1. The third-order valence-electron chi connectivity index (χ3n) is 2.62. The molecule has 0 aliphatic carbocycles. The predicted molar refractivity (Wildman–Crippen MR) is 68.1 cm³/mol. The molecule has 0 amide bonds. The van der Waals surface area contributed by atoms with Crippen LogP contribution in [0, 0.1) is 0 Å². The average molecular weight is 236 g/mol. The molecule has 0 aliphatic heterocycles. The lowest BCUT2D eigenvalue weighted by Crippen LogP contribution is -2.25. The lowest BCUT2D eigenvalue weighted by atomic mass is 10.1. The van der Waals surface area contributed by atoms with E-state index in [-0.39, 0.29) is 6.10 Å². The summed E-state index contributed by atoms with van der Waals surface area (Å²) in [5, 5.41) is 9.66. The zero-order valence-electron chi connectivity index (χ0n) is 10.4. The highest BCUT2D eigenvalue weighted by molar-refractivity contribution is 5.26. The smallest absolute Gasteiger partial charge is 0.118 e.